The number of halogens is 1. The van der Waals surface area contributed by atoms with Gasteiger partial charge in [0.1, 0.15) is 29.3 Å². The number of nitrogens with one attached hydrogen (secondary N) is 2. The number of aryl methyl sites for hydroxylation is 1. The van der Waals surface area contributed by atoms with Crippen molar-refractivity contribution in [1.82, 2.24) is 19.9 Å². The van der Waals surface area contributed by atoms with Gasteiger partial charge in [-0.2, -0.15) is 0 Å². The smallest absolute Gasteiger partial charge is 0.272 e. The van der Waals surface area contributed by atoms with Gasteiger partial charge in [0.15, 0.2) is 0 Å². The number of aromatic nitrogens is 3. The zero-order chi connectivity index (χ0) is 24.2. The predicted molar refractivity (Wildman–Crippen MR) is 132 cm³/mol. The SMILES string of the molecule is O=C(Nc1ccccc1)c1cc2c(N3CCN(C(=O)CCc4ccc(F)cc4)CC3)ncnc2[nH]1. The number of para-hydroxylation sites is 1. The molecule has 4 aromatic rings. The van der Waals surface area contributed by atoms with Crippen LogP contribution in [0.1, 0.15) is 22.5 Å². The van der Waals surface area contributed by atoms with E-state index in [0.717, 1.165) is 16.8 Å². The van der Waals surface area contributed by atoms with Crippen molar-refractivity contribution in [3.63, 3.8) is 0 Å². The van der Waals surface area contributed by atoms with Crippen LogP contribution in [0.15, 0.2) is 67.0 Å². The molecule has 0 radical (unpaired) electrons. The van der Waals surface area contributed by atoms with E-state index in [1.165, 1.54) is 18.5 Å². The number of nitrogens with zero attached hydrogens (tertiary/aromatic N) is 4. The predicted octanol–water partition coefficient (Wildman–Crippen LogP) is 3.63. The van der Waals surface area contributed by atoms with Crippen molar-refractivity contribution in [3.05, 3.63) is 84.1 Å². The maximum absolute atomic E-state index is 13.1. The van der Waals surface area contributed by atoms with Crippen LogP contribution in [0.25, 0.3) is 11.0 Å². The van der Waals surface area contributed by atoms with Crippen molar-refractivity contribution in [1.29, 1.82) is 0 Å². The molecule has 35 heavy (non-hydrogen) atoms. The van der Waals surface area contributed by atoms with E-state index in [4.69, 9.17) is 0 Å². The Balaban J connectivity index is 1.22. The number of fused-ring (bicyclic) bond motifs is 1. The van der Waals surface area contributed by atoms with Crippen LogP contribution in [0.5, 0.6) is 0 Å². The van der Waals surface area contributed by atoms with Gasteiger partial charge in [0.25, 0.3) is 5.91 Å². The molecule has 3 heterocycles. The van der Waals surface area contributed by atoms with Gasteiger partial charge in [-0.25, -0.2) is 14.4 Å². The van der Waals surface area contributed by atoms with Gasteiger partial charge in [0, 0.05) is 38.3 Å². The standard InChI is InChI=1S/C26H25FN6O2/c27-19-9-6-18(7-10-19)8-11-23(34)32-12-14-33(15-13-32)25-21-16-22(31-24(21)28-17-29-25)26(35)30-20-4-2-1-3-5-20/h1-7,9-10,16-17H,8,11-15H2,(H,30,35)(H,28,29,31). The number of benzene rings is 2. The van der Waals surface area contributed by atoms with E-state index in [-0.39, 0.29) is 17.6 Å². The molecule has 1 fully saturated rings. The monoisotopic (exact) mass is 472 g/mol. The Hall–Kier alpha value is -4.27. The number of piperazine rings is 1. The average Bonchev–Trinajstić information content (AvgIpc) is 3.34. The summed E-state index contributed by atoms with van der Waals surface area (Å²) in [6.07, 6.45) is 2.46. The highest BCUT2D eigenvalue weighted by Crippen LogP contribution is 2.25. The van der Waals surface area contributed by atoms with Crippen LogP contribution >= 0.6 is 0 Å². The lowest BCUT2D eigenvalue weighted by atomic mass is 10.1. The lowest BCUT2D eigenvalue weighted by Crippen LogP contribution is -2.49. The van der Waals surface area contributed by atoms with Gasteiger partial charge in [-0.05, 0) is 42.3 Å². The fraction of sp³-hybridized carbons (Fsp3) is 0.231. The molecule has 5 rings (SSSR count). The Bertz CT molecular complexity index is 1330. The Morgan fingerprint density at radius 1 is 0.971 bits per heavy atom. The number of carbonyl (C=O) groups excluding carboxylic acids is 2. The number of hydrogen-bond donors (Lipinski definition) is 2. The van der Waals surface area contributed by atoms with Crippen molar-refractivity contribution in [2.45, 2.75) is 12.8 Å². The summed E-state index contributed by atoms with van der Waals surface area (Å²) in [5.41, 5.74) is 2.65. The minimum absolute atomic E-state index is 0.0864. The summed E-state index contributed by atoms with van der Waals surface area (Å²) in [6.45, 7) is 2.43. The molecule has 1 aliphatic rings. The highest BCUT2D eigenvalue weighted by molar-refractivity contribution is 6.06. The van der Waals surface area contributed by atoms with E-state index >= 15 is 0 Å². The van der Waals surface area contributed by atoms with Gasteiger partial charge in [-0.3, -0.25) is 9.59 Å². The third kappa shape index (κ3) is 5.13. The lowest BCUT2D eigenvalue weighted by molar-refractivity contribution is -0.131. The molecule has 0 unspecified atom stereocenters. The highest BCUT2D eigenvalue weighted by atomic mass is 19.1. The van der Waals surface area contributed by atoms with Crippen LogP contribution in [-0.2, 0) is 11.2 Å². The Labute approximate surface area is 201 Å². The zero-order valence-electron chi connectivity index (χ0n) is 19.1. The lowest BCUT2D eigenvalue weighted by Gasteiger charge is -2.35. The molecular weight excluding hydrogens is 447 g/mol. The number of anilines is 2. The van der Waals surface area contributed by atoms with E-state index in [9.17, 15) is 14.0 Å². The molecule has 9 heteroatoms. The minimum atomic E-state index is -0.276. The van der Waals surface area contributed by atoms with Gasteiger partial charge in [0.05, 0.1) is 5.39 Å². The van der Waals surface area contributed by atoms with Crippen molar-refractivity contribution >= 4 is 34.4 Å². The first-order valence-corrected chi connectivity index (χ1v) is 11.5. The van der Waals surface area contributed by atoms with Gasteiger partial charge in [-0.1, -0.05) is 30.3 Å². The van der Waals surface area contributed by atoms with Crippen molar-refractivity contribution in [3.8, 4) is 0 Å². The molecule has 1 aliphatic heterocycles. The molecule has 0 saturated carbocycles. The molecule has 2 aromatic carbocycles. The Morgan fingerprint density at radius 2 is 1.71 bits per heavy atom. The molecule has 0 aliphatic carbocycles. The fourth-order valence-corrected chi connectivity index (χ4v) is 4.25. The van der Waals surface area contributed by atoms with Crippen molar-refractivity contribution in [2.75, 3.05) is 36.4 Å². The highest BCUT2D eigenvalue weighted by Gasteiger charge is 2.24. The summed E-state index contributed by atoms with van der Waals surface area (Å²) in [7, 11) is 0. The van der Waals surface area contributed by atoms with E-state index in [0.29, 0.717) is 56.0 Å². The van der Waals surface area contributed by atoms with Crippen LogP contribution in [0.2, 0.25) is 0 Å². The molecule has 2 N–H and O–H groups in total. The molecule has 8 nitrogen and oxygen atoms in total. The van der Waals surface area contributed by atoms with Crippen LogP contribution in [0.4, 0.5) is 15.9 Å². The summed E-state index contributed by atoms with van der Waals surface area (Å²) in [6, 6.07) is 17.3. The second-order valence-corrected chi connectivity index (χ2v) is 8.46. The number of rotatable bonds is 6. The van der Waals surface area contributed by atoms with Crippen LogP contribution < -0.4 is 10.2 Å². The summed E-state index contributed by atoms with van der Waals surface area (Å²) in [4.78, 5) is 41.2. The summed E-state index contributed by atoms with van der Waals surface area (Å²) in [5, 5.41) is 3.63. The third-order valence-corrected chi connectivity index (χ3v) is 6.15. The van der Waals surface area contributed by atoms with E-state index in [1.807, 2.05) is 35.2 Å². The number of H-pyrrole nitrogens is 1. The molecule has 2 aromatic heterocycles. The first-order valence-electron chi connectivity index (χ1n) is 11.5. The molecule has 2 amide bonds. The quantitative estimate of drug-likeness (QED) is 0.447. The number of amides is 2. The second kappa shape index (κ2) is 9.92. The molecule has 0 spiro atoms. The fourth-order valence-electron chi connectivity index (χ4n) is 4.25. The van der Waals surface area contributed by atoms with Gasteiger partial charge in [-0.15, -0.1) is 0 Å². The van der Waals surface area contributed by atoms with Crippen LogP contribution in [0.3, 0.4) is 0 Å². The third-order valence-electron chi connectivity index (χ3n) is 6.15. The molecule has 0 bridgehead atoms. The molecular formula is C26H25FN6O2. The Morgan fingerprint density at radius 3 is 2.46 bits per heavy atom. The first-order chi connectivity index (χ1) is 17.1. The first kappa shape index (κ1) is 22.5. The number of carbonyl (C=O) groups is 2. The Kier molecular flexibility index (Phi) is 6.38. The normalized spacial score (nSPS) is 13.7. The molecule has 178 valence electrons. The summed E-state index contributed by atoms with van der Waals surface area (Å²) >= 11 is 0. The molecule has 0 atom stereocenters. The molecule has 1 saturated heterocycles. The second-order valence-electron chi connectivity index (χ2n) is 8.46. The topological polar surface area (TPSA) is 94.2 Å². The summed E-state index contributed by atoms with van der Waals surface area (Å²) in [5.74, 6) is 0.296. The summed E-state index contributed by atoms with van der Waals surface area (Å²) < 4.78 is 13.1. The van der Waals surface area contributed by atoms with Crippen molar-refractivity contribution < 1.29 is 14.0 Å². The maximum atomic E-state index is 13.1. The van der Waals surface area contributed by atoms with E-state index in [1.54, 1.807) is 18.2 Å². The largest absolute Gasteiger partial charge is 0.352 e. The van der Waals surface area contributed by atoms with Gasteiger partial charge in [0.2, 0.25) is 5.91 Å². The van der Waals surface area contributed by atoms with Crippen molar-refractivity contribution in [2.24, 2.45) is 0 Å². The van der Waals surface area contributed by atoms with Gasteiger partial charge < -0.3 is 20.1 Å². The average molecular weight is 473 g/mol. The minimum Gasteiger partial charge on any atom is -0.352 e. The zero-order valence-corrected chi connectivity index (χ0v) is 19.1. The number of aromatic amines is 1. The van der Waals surface area contributed by atoms with E-state index in [2.05, 4.69) is 25.2 Å². The van der Waals surface area contributed by atoms with Crippen LogP contribution in [-0.4, -0.2) is 57.8 Å². The number of hydrogen-bond acceptors (Lipinski definition) is 5. The maximum Gasteiger partial charge on any atom is 0.272 e. The van der Waals surface area contributed by atoms with Gasteiger partial charge >= 0.3 is 0 Å². The van der Waals surface area contributed by atoms with E-state index < -0.39 is 0 Å². The van der Waals surface area contributed by atoms with Crippen LogP contribution in [0, 0.1) is 5.82 Å².